The number of nitrogens with zero attached hydrogens (tertiary/aromatic N) is 1. The van der Waals surface area contributed by atoms with Crippen molar-refractivity contribution < 1.29 is 17.6 Å². The summed E-state index contributed by atoms with van der Waals surface area (Å²) in [7, 11) is 0. The third-order valence-electron chi connectivity index (χ3n) is 3.07. The number of anilines is 2. The minimum atomic E-state index is -4.15. The highest BCUT2D eigenvalue weighted by Crippen LogP contribution is 2.29. The Kier molecular flexibility index (Phi) is 4.50. The van der Waals surface area contributed by atoms with Crippen LogP contribution in [0, 0.1) is 5.82 Å². The van der Waals surface area contributed by atoms with Crippen LogP contribution in [0.4, 0.5) is 28.9 Å². The fourth-order valence-corrected chi connectivity index (χ4v) is 2.07. The smallest absolute Gasteiger partial charge is 0.389 e. The molecule has 21 heavy (non-hydrogen) atoms. The van der Waals surface area contributed by atoms with Crippen molar-refractivity contribution >= 4 is 22.3 Å². The van der Waals surface area contributed by atoms with Gasteiger partial charge in [0.2, 0.25) is 0 Å². The standard InChI is InChI=1S/C14H15F4N3/c15-10-8-11(19)9-4-3-7-20-12(9)13(10)21-6-2-1-5-14(16,17)18/h3-4,7-8,21H,1-2,5-6,19H2. The molecular weight excluding hydrogens is 286 g/mol. The van der Waals surface area contributed by atoms with E-state index in [4.69, 9.17) is 5.73 Å². The molecule has 0 atom stereocenters. The zero-order valence-corrected chi connectivity index (χ0v) is 11.2. The van der Waals surface area contributed by atoms with Gasteiger partial charge in [-0.15, -0.1) is 0 Å². The summed E-state index contributed by atoms with van der Waals surface area (Å²) < 4.78 is 50.0. The number of alkyl halides is 3. The molecule has 0 unspecified atom stereocenters. The van der Waals surface area contributed by atoms with Gasteiger partial charge in [-0.3, -0.25) is 4.98 Å². The van der Waals surface area contributed by atoms with Crippen molar-refractivity contribution in [3.63, 3.8) is 0 Å². The van der Waals surface area contributed by atoms with Crippen LogP contribution in [-0.4, -0.2) is 17.7 Å². The van der Waals surface area contributed by atoms with Crippen molar-refractivity contribution in [3.8, 4) is 0 Å². The highest BCUT2D eigenvalue weighted by Gasteiger charge is 2.25. The normalized spacial score (nSPS) is 11.8. The second-order valence-corrected chi connectivity index (χ2v) is 4.72. The van der Waals surface area contributed by atoms with Gasteiger partial charge in [-0.05, 0) is 31.0 Å². The van der Waals surface area contributed by atoms with Crippen molar-refractivity contribution in [2.75, 3.05) is 17.6 Å². The van der Waals surface area contributed by atoms with Crippen LogP contribution < -0.4 is 11.1 Å². The molecule has 2 aromatic rings. The Bertz CT molecular complexity index is 625. The van der Waals surface area contributed by atoms with Crippen LogP contribution in [0.25, 0.3) is 10.9 Å². The van der Waals surface area contributed by atoms with E-state index in [9.17, 15) is 17.6 Å². The fraction of sp³-hybridized carbons (Fsp3) is 0.357. The number of benzene rings is 1. The van der Waals surface area contributed by atoms with E-state index >= 15 is 0 Å². The Labute approximate surface area is 119 Å². The van der Waals surface area contributed by atoms with Crippen molar-refractivity contribution in [1.29, 1.82) is 0 Å². The number of hydrogen-bond acceptors (Lipinski definition) is 3. The third-order valence-corrected chi connectivity index (χ3v) is 3.07. The zero-order valence-electron chi connectivity index (χ0n) is 11.2. The first-order valence-corrected chi connectivity index (χ1v) is 6.52. The summed E-state index contributed by atoms with van der Waals surface area (Å²) in [5.74, 6) is -0.561. The minimum Gasteiger partial charge on any atom is -0.398 e. The van der Waals surface area contributed by atoms with Gasteiger partial charge in [-0.2, -0.15) is 13.2 Å². The summed E-state index contributed by atoms with van der Waals surface area (Å²) in [5.41, 5.74) is 6.55. The summed E-state index contributed by atoms with van der Waals surface area (Å²) in [6.07, 6.45) is -3.19. The van der Waals surface area contributed by atoms with Gasteiger partial charge < -0.3 is 11.1 Å². The predicted octanol–water partition coefficient (Wildman–Crippen LogP) is 4.10. The van der Waals surface area contributed by atoms with Crippen LogP contribution in [-0.2, 0) is 0 Å². The topological polar surface area (TPSA) is 50.9 Å². The maximum Gasteiger partial charge on any atom is 0.389 e. The van der Waals surface area contributed by atoms with Gasteiger partial charge in [0.05, 0.1) is 11.2 Å². The number of pyridine rings is 1. The average molecular weight is 301 g/mol. The molecule has 0 bridgehead atoms. The van der Waals surface area contributed by atoms with E-state index < -0.39 is 18.4 Å². The number of hydrogen-bond donors (Lipinski definition) is 2. The van der Waals surface area contributed by atoms with Crippen LogP contribution in [0.2, 0.25) is 0 Å². The lowest BCUT2D eigenvalue weighted by Crippen LogP contribution is -2.09. The lowest BCUT2D eigenvalue weighted by molar-refractivity contribution is -0.135. The number of rotatable bonds is 5. The lowest BCUT2D eigenvalue weighted by atomic mass is 10.1. The molecule has 0 saturated heterocycles. The molecule has 3 nitrogen and oxygen atoms in total. The first-order chi connectivity index (χ1) is 9.88. The van der Waals surface area contributed by atoms with Gasteiger partial charge in [-0.1, -0.05) is 0 Å². The number of nitrogen functional groups attached to an aromatic ring is 1. The van der Waals surface area contributed by atoms with Crippen LogP contribution in [0.15, 0.2) is 24.4 Å². The van der Waals surface area contributed by atoms with Crippen LogP contribution in [0.5, 0.6) is 0 Å². The van der Waals surface area contributed by atoms with E-state index in [2.05, 4.69) is 10.3 Å². The molecule has 0 spiro atoms. The maximum atomic E-state index is 13.9. The van der Waals surface area contributed by atoms with E-state index in [1.165, 1.54) is 12.3 Å². The summed E-state index contributed by atoms with van der Waals surface area (Å²) in [5, 5.41) is 3.42. The van der Waals surface area contributed by atoms with E-state index in [0.717, 1.165) is 0 Å². The molecule has 7 heteroatoms. The largest absolute Gasteiger partial charge is 0.398 e. The molecule has 0 radical (unpaired) electrons. The lowest BCUT2D eigenvalue weighted by Gasteiger charge is -2.12. The molecule has 1 aromatic carbocycles. The Balaban J connectivity index is 2.05. The molecule has 0 saturated carbocycles. The highest BCUT2D eigenvalue weighted by molar-refractivity contribution is 5.98. The SMILES string of the molecule is Nc1cc(F)c(NCCCCC(F)(F)F)c2ncccc12. The molecule has 3 N–H and O–H groups in total. The summed E-state index contributed by atoms with van der Waals surface area (Å²) in [4.78, 5) is 4.08. The molecule has 0 aliphatic heterocycles. The average Bonchev–Trinajstić information content (AvgIpc) is 2.40. The quantitative estimate of drug-likeness (QED) is 0.496. The van der Waals surface area contributed by atoms with Gasteiger partial charge in [0.1, 0.15) is 0 Å². The first-order valence-electron chi connectivity index (χ1n) is 6.52. The van der Waals surface area contributed by atoms with E-state index in [0.29, 0.717) is 10.9 Å². The number of unbranched alkanes of at least 4 members (excludes halogenated alkanes) is 1. The second kappa shape index (κ2) is 6.15. The van der Waals surface area contributed by atoms with Gasteiger partial charge >= 0.3 is 6.18 Å². The minimum absolute atomic E-state index is 0.00154. The van der Waals surface area contributed by atoms with Crippen molar-refractivity contribution in [1.82, 2.24) is 4.98 Å². The number of aromatic nitrogens is 1. The second-order valence-electron chi connectivity index (χ2n) is 4.72. The fourth-order valence-electron chi connectivity index (χ4n) is 2.07. The van der Waals surface area contributed by atoms with Gasteiger partial charge in [0, 0.05) is 30.2 Å². The summed E-state index contributed by atoms with van der Waals surface area (Å²) >= 11 is 0. The van der Waals surface area contributed by atoms with E-state index in [1.54, 1.807) is 12.1 Å². The van der Waals surface area contributed by atoms with Gasteiger partial charge in [0.25, 0.3) is 0 Å². The summed E-state index contributed by atoms with van der Waals surface area (Å²) in [6.45, 7) is 0.239. The molecule has 2 rings (SSSR count). The maximum absolute atomic E-state index is 13.9. The number of fused-ring (bicyclic) bond motifs is 1. The Morgan fingerprint density at radius 3 is 2.71 bits per heavy atom. The number of nitrogens with two attached hydrogens (primary N) is 1. The molecule has 114 valence electrons. The molecule has 0 aliphatic carbocycles. The Morgan fingerprint density at radius 2 is 2.00 bits per heavy atom. The Hall–Kier alpha value is -2.05. The molecule has 1 heterocycles. The Morgan fingerprint density at radius 1 is 1.24 bits per heavy atom. The van der Waals surface area contributed by atoms with Crippen LogP contribution >= 0.6 is 0 Å². The number of halogens is 4. The van der Waals surface area contributed by atoms with Crippen molar-refractivity contribution in [2.45, 2.75) is 25.4 Å². The van der Waals surface area contributed by atoms with Crippen molar-refractivity contribution in [2.24, 2.45) is 0 Å². The monoisotopic (exact) mass is 301 g/mol. The molecule has 0 aliphatic rings. The predicted molar refractivity (Wildman–Crippen MR) is 74.5 cm³/mol. The molecule has 0 amide bonds. The van der Waals surface area contributed by atoms with E-state index in [-0.39, 0.29) is 30.8 Å². The van der Waals surface area contributed by atoms with Crippen LogP contribution in [0.1, 0.15) is 19.3 Å². The zero-order chi connectivity index (χ0) is 15.5. The van der Waals surface area contributed by atoms with E-state index in [1.807, 2.05) is 0 Å². The summed E-state index contributed by atoms with van der Waals surface area (Å²) in [6, 6.07) is 4.58. The molecule has 1 aromatic heterocycles. The third kappa shape index (κ3) is 3.96. The van der Waals surface area contributed by atoms with Crippen molar-refractivity contribution in [3.05, 3.63) is 30.2 Å². The first kappa shape index (κ1) is 15.3. The van der Waals surface area contributed by atoms with Gasteiger partial charge in [-0.25, -0.2) is 4.39 Å². The molecule has 0 fully saturated rings. The van der Waals surface area contributed by atoms with Gasteiger partial charge in [0.15, 0.2) is 5.82 Å². The number of nitrogens with one attached hydrogen (secondary N) is 1. The highest BCUT2D eigenvalue weighted by atomic mass is 19.4. The van der Waals surface area contributed by atoms with Crippen LogP contribution in [0.3, 0.4) is 0 Å². The molecular formula is C14H15F4N3.